The Morgan fingerprint density at radius 1 is 1.19 bits per heavy atom. The molecule has 4 rings (SSSR count). The molecule has 6 nitrogen and oxygen atoms in total. The summed E-state index contributed by atoms with van der Waals surface area (Å²) < 4.78 is 5.59. The number of H-pyrrole nitrogens is 1. The standard InChI is InChI=1S/C21H20N2O4/c24-20(16-9-10-27-19-8-4-2-6-15(16)19)23-18(21(25)26)11-13-12-22-17-7-3-1-5-14(13)17/h1-8,12,16,18,22H,9-11H2,(H,23,24)(H,25,26)/t16-,18-/m1/s1. The molecule has 27 heavy (non-hydrogen) atoms. The molecule has 0 unspecified atom stereocenters. The number of ether oxygens (including phenoxy) is 1. The number of aromatic amines is 1. The van der Waals surface area contributed by atoms with Crippen LogP contribution in [0.1, 0.15) is 23.5 Å². The molecule has 0 aliphatic carbocycles. The highest BCUT2D eigenvalue weighted by molar-refractivity contribution is 5.90. The van der Waals surface area contributed by atoms with Crippen LogP contribution in [-0.4, -0.2) is 34.6 Å². The molecule has 0 fully saturated rings. The predicted octanol–water partition coefficient (Wildman–Crippen LogP) is 2.85. The van der Waals surface area contributed by atoms with E-state index in [2.05, 4.69) is 10.3 Å². The number of carbonyl (C=O) groups excluding carboxylic acids is 1. The maximum absolute atomic E-state index is 12.8. The summed E-state index contributed by atoms with van der Waals surface area (Å²) >= 11 is 0. The third kappa shape index (κ3) is 3.38. The number of nitrogens with one attached hydrogen (secondary N) is 2. The number of carboxylic acid groups (broad SMARTS) is 1. The van der Waals surface area contributed by atoms with Crippen molar-refractivity contribution in [1.82, 2.24) is 10.3 Å². The number of aromatic nitrogens is 1. The molecule has 1 aliphatic rings. The average molecular weight is 364 g/mol. The summed E-state index contributed by atoms with van der Waals surface area (Å²) in [4.78, 5) is 27.7. The second-order valence-electron chi connectivity index (χ2n) is 6.69. The molecule has 3 aromatic rings. The van der Waals surface area contributed by atoms with E-state index in [-0.39, 0.29) is 12.3 Å². The first-order valence-corrected chi connectivity index (χ1v) is 8.93. The van der Waals surface area contributed by atoms with Crippen LogP contribution in [0.25, 0.3) is 10.9 Å². The number of carbonyl (C=O) groups is 2. The van der Waals surface area contributed by atoms with Gasteiger partial charge in [0.25, 0.3) is 0 Å². The van der Waals surface area contributed by atoms with Gasteiger partial charge in [-0.25, -0.2) is 4.79 Å². The number of fused-ring (bicyclic) bond motifs is 2. The zero-order chi connectivity index (χ0) is 18.8. The van der Waals surface area contributed by atoms with Crippen LogP contribution in [0.3, 0.4) is 0 Å². The molecule has 0 saturated carbocycles. The highest BCUT2D eigenvalue weighted by atomic mass is 16.5. The molecule has 2 atom stereocenters. The van der Waals surface area contributed by atoms with E-state index in [1.54, 1.807) is 6.20 Å². The fourth-order valence-electron chi connectivity index (χ4n) is 3.61. The van der Waals surface area contributed by atoms with E-state index in [0.29, 0.717) is 18.8 Å². The maximum Gasteiger partial charge on any atom is 0.326 e. The number of para-hydroxylation sites is 2. The fourth-order valence-corrected chi connectivity index (χ4v) is 3.61. The number of benzene rings is 2. The maximum atomic E-state index is 12.8. The third-order valence-corrected chi connectivity index (χ3v) is 4.99. The summed E-state index contributed by atoms with van der Waals surface area (Å²) in [5.41, 5.74) is 2.62. The van der Waals surface area contributed by atoms with Crippen LogP contribution >= 0.6 is 0 Å². The third-order valence-electron chi connectivity index (χ3n) is 4.99. The summed E-state index contributed by atoms with van der Waals surface area (Å²) in [7, 11) is 0. The first-order valence-electron chi connectivity index (χ1n) is 8.93. The average Bonchev–Trinajstić information content (AvgIpc) is 3.10. The van der Waals surface area contributed by atoms with E-state index in [1.807, 2.05) is 48.5 Å². The van der Waals surface area contributed by atoms with Gasteiger partial charge >= 0.3 is 5.97 Å². The Morgan fingerprint density at radius 3 is 2.81 bits per heavy atom. The summed E-state index contributed by atoms with van der Waals surface area (Å²) in [6, 6.07) is 14.1. The van der Waals surface area contributed by atoms with E-state index in [9.17, 15) is 14.7 Å². The molecular weight excluding hydrogens is 344 g/mol. The number of aliphatic carboxylic acids is 1. The smallest absolute Gasteiger partial charge is 0.326 e. The number of amides is 1. The first-order chi connectivity index (χ1) is 13.1. The quantitative estimate of drug-likeness (QED) is 0.649. The van der Waals surface area contributed by atoms with Gasteiger partial charge in [0.05, 0.1) is 12.5 Å². The minimum Gasteiger partial charge on any atom is -0.493 e. The monoisotopic (exact) mass is 364 g/mol. The highest BCUT2D eigenvalue weighted by Gasteiger charge is 2.30. The number of rotatable bonds is 5. The Hall–Kier alpha value is -3.28. The van der Waals surface area contributed by atoms with Crippen molar-refractivity contribution in [2.24, 2.45) is 0 Å². The van der Waals surface area contributed by atoms with Gasteiger partial charge in [-0.15, -0.1) is 0 Å². The van der Waals surface area contributed by atoms with Gasteiger partial charge in [-0.1, -0.05) is 36.4 Å². The lowest BCUT2D eigenvalue weighted by Gasteiger charge is -2.26. The Kier molecular flexibility index (Phi) is 4.54. The molecule has 0 spiro atoms. The van der Waals surface area contributed by atoms with E-state index in [1.165, 1.54) is 0 Å². The van der Waals surface area contributed by atoms with Crippen molar-refractivity contribution in [2.45, 2.75) is 24.8 Å². The zero-order valence-corrected chi connectivity index (χ0v) is 14.6. The van der Waals surface area contributed by atoms with E-state index in [4.69, 9.17) is 4.74 Å². The van der Waals surface area contributed by atoms with Crippen LogP contribution in [0.2, 0.25) is 0 Å². The Bertz CT molecular complexity index is 995. The molecule has 138 valence electrons. The normalized spacial score (nSPS) is 17.0. The molecule has 1 aromatic heterocycles. The number of carboxylic acids is 1. The van der Waals surface area contributed by atoms with E-state index in [0.717, 1.165) is 22.0 Å². The van der Waals surface area contributed by atoms with Gasteiger partial charge in [0.1, 0.15) is 11.8 Å². The van der Waals surface area contributed by atoms with Gasteiger partial charge in [0.2, 0.25) is 5.91 Å². The number of hydrogen-bond donors (Lipinski definition) is 3. The van der Waals surface area contributed by atoms with Crippen molar-refractivity contribution in [3.05, 3.63) is 65.9 Å². The van der Waals surface area contributed by atoms with Crippen molar-refractivity contribution >= 4 is 22.8 Å². The van der Waals surface area contributed by atoms with Gasteiger partial charge in [-0.05, 0) is 24.1 Å². The summed E-state index contributed by atoms with van der Waals surface area (Å²) in [6.45, 7) is 0.440. The summed E-state index contributed by atoms with van der Waals surface area (Å²) in [5.74, 6) is -1.04. The van der Waals surface area contributed by atoms with Crippen molar-refractivity contribution in [2.75, 3.05) is 6.61 Å². The molecule has 0 bridgehead atoms. The van der Waals surface area contributed by atoms with Crippen molar-refractivity contribution < 1.29 is 19.4 Å². The molecule has 3 N–H and O–H groups in total. The molecule has 6 heteroatoms. The van der Waals surface area contributed by atoms with Crippen LogP contribution in [0, 0.1) is 0 Å². The summed E-state index contributed by atoms with van der Waals surface area (Å²) in [5, 5.41) is 13.3. The van der Waals surface area contributed by atoms with E-state index < -0.39 is 17.9 Å². The van der Waals surface area contributed by atoms with Crippen molar-refractivity contribution in [1.29, 1.82) is 0 Å². The zero-order valence-electron chi connectivity index (χ0n) is 14.6. The predicted molar refractivity (Wildman–Crippen MR) is 101 cm³/mol. The van der Waals surface area contributed by atoms with Gasteiger partial charge in [0, 0.05) is 29.1 Å². The number of hydrogen-bond acceptors (Lipinski definition) is 3. The molecule has 1 amide bonds. The molecule has 2 aromatic carbocycles. The van der Waals surface area contributed by atoms with Gasteiger partial charge in [-0.3, -0.25) is 4.79 Å². The fraction of sp³-hybridized carbons (Fsp3) is 0.238. The van der Waals surface area contributed by atoms with Crippen LogP contribution in [0.5, 0.6) is 5.75 Å². The Morgan fingerprint density at radius 2 is 1.96 bits per heavy atom. The minimum absolute atomic E-state index is 0.218. The topological polar surface area (TPSA) is 91.4 Å². The second kappa shape index (κ2) is 7.15. The van der Waals surface area contributed by atoms with Crippen molar-refractivity contribution in [3.63, 3.8) is 0 Å². The Balaban J connectivity index is 1.54. The Labute approximate surface area is 156 Å². The lowest BCUT2D eigenvalue weighted by Crippen LogP contribution is -2.45. The van der Waals surface area contributed by atoms with Crippen molar-refractivity contribution in [3.8, 4) is 5.75 Å². The second-order valence-corrected chi connectivity index (χ2v) is 6.69. The minimum atomic E-state index is -1.05. The SMILES string of the molecule is O=C(O)[C@@H](Cc1c[nH]c2ccccc12)NC(=O)[C@@H]1CCOc2ccccc21. The van der Waals surface area contributed by atoms with Crippen LogP contribution in [-0.2, 0) is 16.0 Å². The van der Waals surface area contributed by atoms with Crippen LogP contribution in [0.15, 0.2) is 54.7 Å². The van der Waals surface area contributed by atoms with E-state index >= 15 is 0 Å². The summed E-state index contributed by atoms with van der Waals surface area (Å²) in [6.07, 6.45) is 2.55. The molecule has 0 saturated heterocycles. The molecule has 0 radical (unpaired) electrons. The molecule has 2 heterocycles. The van der Waals surface area contributed by atoms with Gasteiger partial charge in [-0.2, -0.15) is 0 Å². The van der Waals surface area contributed by atoms with Gasteiger partial charge < -0.3 is 20.1 Å². The van der Waals surface area contributed by atoms with Gasteiger partial charge in [0.15, 0.2) is 0 Å². The first kappa shape index (κ1) is 17.1. The lowest BCUT2D eigenvalue weighted by molar-refractivity contribution is -0.142. The van der Waals surface area contributed by atoms with Crippen LogP contribution in [0.4, 0.5) is 0 Å². The van der Waals surface area contributed by atoms with Crippen LogP contribution < -0.4 is 10.1 Å². The lowest BCUT2D eigenvalue weighted by atomic mass is 9.92. The molecule has 1 aliphatic heterocycles. The largest absolute Gasteiger partial charge is 0.493 e. The molecular formula is C21H20N2O4. The highest BCUT2D eigenvalue weighted by Crippen LogP contribution is 2.33.